The normalized spacial score (nSPS) is 33.1. The minimum Gasteiger partial charge on any atom is -0.390 e. The molecule has 9 heavy (non-hydrogen) atoms. The summed E-state index contributed by atoms with van der Waals surface area (Å²) in [5, 5.41) is 0. The zero-order valence-corrected chi connectivity index (χ0v) is 4.67. The SMILES string of the molecule is O=C1OC12OS(=O)(=O)O2. The van der Waals surface area contributed by atoms with Crippen LogP contribution in [0.15, 0.2) is 0 Å². The fourth-order valence-electron chi connectivity index (χ4n) is 0.474. The number of hydrogen-bond donors (Lipinski definition) is 0. The quantitative estimate of drug-likeness (QED) is 0.392. The summed E-state index contributed by atoms with van der Waals surface area (Å²) in [6.45, 7) is 0. The van der Waals surface area contributed by atoms with E-state index in [4.69, 9.17) is 0 Å². The smallest absolute Gasteiger partial charge is 0.390 e. The molecule has 0 N–H and O–H groups in total. The first-order valence-electron chi connectivity index (χ1n) is 1.94. The summed E-state index contributed by atoms with van der Waals surface area (Å²) in [5.74, 6) is -2.67. The topological polar surface area (TPSA) is 82.2 Å². The number of rotatable bonds is 0. The van der Waals surface area contributed by atoms with E-state index in [9.17, 15) is 13.2 Å². The lowest BCUT2D eigenvalue weighted by Crippen LogP contribution is -2.40. The molecule has 0 bridgehead atoms. The van der Waals surface area contributed by atoms with Gasteiger partial charge in [0.1, 0.15) is 0 Å². The van der Waals surface area contributed by atoms with Crippen LogP contribution in [0.2, 0.25) is 0 Å². The van der Waals surface area contributed by atoms with Crippen molar-refractivity contribution in [2.24, 2.45) is 0 Å². The first-order valence-corrected chi connectivity index (χ1v) is 3.27. The summed E-state index contributed by atoms with van der Waals surface area (Å²) in [4.78, 5) is 10.0. The Morgan fingerprint density at radius 3 is 1.89 bits per heavy atom. The molecule has 0 amide bonds. The van der Waals surface area contributed by atoms with Crippen molar-refractivity contribution in [2.45, 2.75) is 5.97 Å². The van der Waals surface area contributed by atoms with Crippen molar-refractivity contribution < 1.29 is 26.3 Å². The maximum Gasteiger partial charge on any atom is 0.466 e. The number of carbonyl (C=O) groups excluding carboxylic acids is 1. The van der Waals surface area contributed by atoms with Gasteiger partial charge in [-0.3, -0.25) is 0 Å². The Kier molecular flexibility index (Phi) is 0.562. The summed E-state index contributed by atoms with van der Waals surface area (Å²) in [6.07, 6.45) is 0. The van der Waals surface area contributed by atoms with E-state index in [1.165, 1.54) is 0 Å². The van der Waals surface area contributed by atoms with Crippen molar-refractivity contribution in [3.63, 3.8) is 0 Å². The maximum atomic E-state index is 10.0. The van der Waals surface area contributed by atoms with Crippen LogP contribution in [-0.4, -0.2) is 20.4 Å². The van der Waals surface area contributed by atoms with Gasteiger partial charge in [-0.1, -0.05) is 0 Å². The van der Waals surface area contributed by atoms with Crippen LogP contribution in [0.25, 0.3) is 0 Å². The van der Waals surface area contributed by atoms with E-state index in [-0.39, 0.29) is 0 Å². The minimum atomic E-state index is -3.91. The van der Waals surface area contributed by atoms with E-state index in [0.29, 0.717) is 0 Å². The highest BCUT2D eigenvalue weighted by molar-refractivity contribution is 7.83. The second-order valence-corrected chi connectivity index (χ2v) is 2.67. The van der Waals surface area contributed by atoms with E-state index in [2.05, 4.69) is 13.1 Å². The van der Waals surface area contributed by atoms with Gasteiger partial charge >= 0.3 is 22.3 Å². The van der Waals surface area contributed by atoms with E-state index < -0.39 is 22.3 Å². The largest absolute Gasteiger partial charge is 0.466 e. The molecule has 0 atom stereocenters. The molecule has 2 saturated heterocycles. The lowest BCUT2D eigenvalue weighted by Gasteiger charge is -2.16. The monoisotopic (exact) mass is 152 g/mol. The van der Waals surface area contributed by atoms with Crippen LogP contribution in [-0.2, 0) is 28.3 Å². The van der Waals surface area contributed by atoms with Gasteiger partial charge in [-0.15, -0.1) is 0 Å². The second-order valence-electron chi connectivity index (χ2n) is 1.52. The third kappa shape index (κ3) is 0.506. The van der Waals surface area contributed by atoms with Crippen molar-refractivity contribution in [3.8, 4) is 0 Å². The van der Waals surface area contributed by atoms with Crippen molar-refractivity contribution in [1.29, 1.82) is 0 Å². The Morgan fingerprint density at radius 2 is 1.78 bits per heavy atom. The lowest BCUT2D eigenvalue weighted by molar-refractivity contribution is -0.178. The van der Waals surface area contributed by atoms with Gasteiger partial charge in [0.05, 0.1) is 0 Å². The van der Waals surface area contributed by atoms with Crippen LogP contribution in [0.3, 0.4) is 0 Å². The van der Waals surface area contributed by atoms with E-state index in [0.717, 1.165) is 0 Å². The molecule has 2 aliphatic rings. The van der Waals surface area contributed by atoms with Gasteiger partial charge in [-0.05, 0) is 0 Å². The molecule has 2 fully saturated rings. The zero-order chi connectivity index (χ0) is 6.70. The molecule has 0 saturated carbocycles. The lowest BCUT2D eigenvalue weighted by atomic mass is 10.8. The summed E-state index contributed by atoms with van der Waals surface area (Å²) in [6, 6.07) is 0. The van der Waals surface area contributed by atoms with Gasteiger partial charge in [0, 0.05) is 0 Å². The first kappa shape index (κ1) is 5.15. The molecule has 1 spiro atoms. The van der Waals surface area contributed by atoms with Gasteiger partial charge in [0.15, 0.2) is 0 Å². The summed E-state index contributed by atoms with van der Waals surface area (Å²) < 4.78 is 31.9. The summed E-state index contributed by atoms with van der Waals surface area (Å²) in [5.41, 5.74) is 0. The molecule has 6 nitrogen and oxygen atoms in total. The molecule has 50 valence electrons. The molecule has 0 aliphatic carbocycles. The Labute approximate surface area is 49.6 Å². The Hall–Kier alpha value is -0.660. The van der Waals surface area contributed by atoms with Crippen LogP contribution in [0.1, 0.15) is 0 Å². The van der Waals surface area contributed by atoms with Gasteiger partial charge in [0.2, 0.25) is 0 Å². The predicted octanol–water partition coefficient (Wildman–Crippen LogP) is -1.51. The van der Waals surface area contributed by atoms with E-state index in [1.54, 1.807) is 0 Å². The van der Waals surface area contributed by atoms with Crippen LogP contribution in [0, 0.1) is 0 Å². The van der Waals surface area contributed by atoms with Crippen LogP contribution in [0.5, 0.6) is 0 Å². The first-order chi connectivity index (χ1) is 4.04. The Balaban J connectivity index is 2.24. The zero-order valence-electron chi connectivity index (χ0n) is 3.86. The molecule has 2 heterocycles. The Bertz CT molecular complexity index is 261. The highest BCUT2D eigenvalue weighted by Crippen LogP contribution is 2.43. The highest BCUT2D eigenvalue weighted by atomic mass is 32.3. The number of epoxide rings is 1. The number of ether oxygens (including phenoxy) is 1. The molecular formula is C2O6S. The van der Waals surface area contributed by atoms with E-state index in [1.807, 2.05) is 0 Å². The average molecular weight is 152 g/mol. The van der Waals surface area contributed by atoms with Gasteiger partial charge in [-0.2, -0.15) is 16.8 Å². The fraction of sp³-hybridized carbons (Fsp3) is 0.500. The van der Waals surface area contributed by atoms with Crippen LogP contribution >= 0.6 is 0 Å². The molecule has 2 aliphatic heterocycles. The molecule has 0 aromatic rings. The summed E-state index contributed by atoms with van der Waals surface area (Å²) >= 11 is 0. The molecule has 7 heteroatoms. The number of carbonyl (C=O) groups is 1. The van der Waals surface area contributed by atoms with Crippen molar-refractivity contribution in [2.75, 3.05) is 0 Å². The van der Waals surface area contributed by atoms with Gasteiger partial charge < -0.3 is 4.74 Å². The minimum absolute atomic E-state index is 0.808. The van der Waals surface area contributed by atoms with Crippen molar-refractivity contribution in [3.05, 3.63) is 0 Å². The van der Waals surface area contributed by atoms with Crippen LogP contribution < -0.4 is 0 Å². The molecule has 0 aromatic carbocycles. The van der Waals surface area contributed by atoms with E-state index >= 15 is 0 Å². The molecular weight excluding hydrogens is 152 g/mol. The summed E-state index contributed by atoms with van der Waals surface area (Å²) in [7, 11) is -3.91. The molecule has 0 unspecified atom stereocenters. The maximum absolute atomic E-state index is 10.0. The molecule has 0 radical (unpaired) electrons. The highest BCUT2D eigenvalue weighted by Gasteiger charge is 2.76. The second kappa shape index (κ2) is 0.981. The molecule has 2 rings (SSSR count). The third-order valence-corrected chi connectivity index (χ3v) is 1.71. The fourth-order valence-corrected chi connectivity index (χ4v) is 1.23. The van der Waals surface area contributed by atoms with Crippen LogP contribution in [0.4, 0.5) is 0 Å². The predicted molar refractivity (Wildman–Crippen MR) is 19.9 cm³/mol. The number of hydrogen-bond acceptors (Lipinski definition) is 6. The Morgan fingerprint density at radius 1 is 1.33 bits per heavy atom. The average Bonchev–Trinajstić information content (AvgIpc) is 2.09. The molecule has 0 aromatic heterocycles. The van der Waals surface area contributed by atoms with Crippen molar-refractivity contribution >= 4 is 16.4 Å². The van der Waals surface area contributed by atoms with Gasteiger partial charge in [-0.25, -0.2) is 4.79 Å². The third-order valence-electron chi connectivity index (χ3n) is 0.859. The van der Waals surface area contributed by atoms with Crippen molar-refractivity contribution in [1.82, 2.24) is 0 Å². The van der Waals surface area contributed by atoms with Gasteiger partial charge in [0.25, 0.3) is 0 Å². The standard InChI is InChI=1S/C2O6S/c3-1-2(6-1)7-9(4,5)8-2.